The van der Waals surface area contributed by atoms with Gasteiger partial charge in [-0.1, -0.05) is 55.0 Å². The van der Waals surface area contributed by atoms with Crippen LogP contribution in [0, 0.1) is 6.92 Å². The first-order valence-electron chi connectivity index (χ1n) is 11.4. The van der Waals surface area contributed by atoms with Crippen LogP contribution in [0.15, 0.2) is 60.8 Å². The second-order valence-electron chi connectivity index (χ2n) is 8.34. The predicted molar refractivity (Wildman–Crippen MR) is 128 cm³/mol. The number of anilines is 1. The van der Waals surface area contributed by atoms with Gasteiger partial charge >= 0.3 is 0 Å². The molecule has 1 aromatic heterocycles. The van der Waals surface area contributed by atoms with Gasteiger partial charge in [0.1, 0.15) is 0 Å². The van der Waals surface area contributed by atoms with E-state index in [9.17, 15) is 0 Å². The Labute approximate surface area is 185 Å². The van der Waals surface area contributed by atoms with Gasteiger partial charge in [0.2, 0.25) is 5.95 Å². The monoisotopic (exact) mass is 415 g/mol. The summed E-state index contributed by atoms with van der Waals surface area (Å²) in [7, 11) is 0. The molecule has 1 unspecified atom stereocenters. The highest BCUT2D eigenvalue weighted by atomic mass is 15.2. The third-order valence-corrected chi connectivity index (χ3v) is 6.00. The number of hydrogen-bond donors (Lipinski definition) is 2. The largest absolute Gasteiger partial charge is 0.354 e. The molecule has 1 fully saturated rings. The van der Waals surface area contributed by atoms with Gasteiger partial charge in [0.25, 0.3) is 0 Å². The van der Waals surface area contributed by atoms with E-state index in [2.05, 4.69) is 82.9 Å². The molecule has 5 heteroatoms. The van der Waals surface area contributed by atoms with E-state index in [1.165, 1.54) is 23.1 Å². The topological polar surface area (TPSA) is 53.1 Å². The van der Waals surface area contributed by atoms with Crippen LogP contribution in [0.4, 0.5) is 5.95 Å². The van der Waals surface area contributed by atoms with Crippen LogP contribution in [-0.2, 0) is 13.0 Å². The Hall–Kier alpha value is -2.76. The third kappa shape index (κ3) is 5.90. The van der Waals surface area contributed by atoms with Crippen molar-refractivity contribution in [2.24, 2.45) is 0 Å². The molecule has 3 aromatic rings. The Balaban J connectivity index is 1.40. The second kappa shape index (κ2) is 10.5. The molecule has 2 aromatic carbocycles. The van der Waals surface area contributed by atoms with Crippen molar-refractivity contribution in [1.29, 1.82) is 0 Å². The molecule has 0 spiro atoms. The molecule has 0 saturated carbocycles. The van der Waals surface area contributed by atoms with Gasteiger partial charge in [0.15, 0.2) is 0 Å². The van der Waals surface area contributed by atoms with Gasteiger partial charge in [0.05, 0.1) is 5.69 Å². The van der Waals surface area contributed by atoms with E-state index in [4.69, 9.17) is 4.98 Å². The SMILES string of the molecule is CCN(Cc1cccc(-c2ccnc(NCCc3cccc(C)c3)n2)c1)C1CCNC1. The second-order valence-corrected chi connectivity index (χ2v) is 8.34. The van der Waals surface area contributed by atoms with Crippen LogP contribution in [0.2, 0.25) is 0 Å². The maximum Gasteiger partial charge on any atom is 0.223 e. The fourth-order valence-corrected chi connectivity index (χ4v) is 4.30. The van der Waals surface area contributed by atoms with Crippen molar-refractivity contribution in [3.8, 4) is 11.3 Å². The molecule has 2 heterocycles. The van der Waals surface area contributed by atoms with Crippen molar-refractivity contribution in [3.63, 3.8) is 0 Å². The number of aryl methyl sites for hydroxylation is 1. The van der Waals surface area contributed by atoms with Gasteiger partial charge < -0.3 is 10.6 Å². The van der Waals surface area contributed by atoms with Gasteiger partial charge in [-0.2, -0.15) is 0 Å². The lowest BCUT2D eigenvalue weighted by molar-refractivity contribution is 0.210. The summed E-state index contributed by atoms with van der Waals surface area (Å²) < 4.78 is 0. The lowest BCUT2D eigenvalue weighted by Gasteiger charge is -2.27. The van der Waals surface area contributed by atoms with Gasteiger partial charge in [-0.3, -0.25) is 4.90 Å². The standard InChI is InChI=1S/C26H33N5/c1-3-31(24-11-13-27-18-24)19-22-8-5-9-23(17-22)25-12-15-29-26(30-25)28-14-10-21-7-4-6-20(2)16-21/h4-9,12,15-17,24,27H,3,10-11,13-14,18-19H2,1-2H3,(H,28,29,30). The summed E-state index contributed by atoms with van der Waals surface area (Å²) >= 11 is 0. The van der Waals surface area contributed by atoms with Crippen molar-refractivity contribution in [1.82, 2.24) is 20.2 Å². The number of nitrogens with one attached hydrogen (secondary N) is 2. The first-order chi connectivity index (χ1) is 15.2. The summed E-state index contributed by atoms with van der Waals surface area (Å²) in [6.45, 7) is 9.46. The maximum absolute atomic E-state index is 4.76. The Morgan fingerprint density at radius 2 is 1.97 bits per heavy atom. The zero-order valence-corrected chi connectivity index (χ0v) is 18.6. The molecular weight excluding hydrogens is 382 g/mol. The van der Waals surface area contributed by atoms with Crippen LogP contribution in [0.25, 0.3) is 11.3 Å². The van der Waals surface area contributed by atoms with Crippen molar-refractivity contribution in [3.05, 3.63) is 77.5 Å². The summed E-state index contributed by atoms with van der Waals surface area (Å²) in [5.74, 6) is 0.683. The number of benzene rings is 2. The zero-order chi connectivity index (χ0) is 21.5. The Morgan fingerprint density at radius 3 is 2.77 bits per heavy atom. The van der Waals surface area contributed by atoms with Crippen molar-refractivity contribution in [2.75, 3.05) is 31.5 Å². The molecule has 1 aliphatic heterocycles. The van der Waals surface area contributed by atoms with E-state index in [1.807, 2.05) is 12.3 Å². The molecule has 4 rings (SSSR count). The van der Waals surface area contributed by atoms with Crippen LogP contribution in [0.5, 0.6) is 0 Å². The van der Waals surface area contributed by atoms with Crippen molar-refractivity contribution in [2.45, 2.75) is 39.3 Å². The quantitative estimate of drug-likeness (QED) is 0.546. The summed E-state index contributed by atoms with van der Waals surface area (Å²) in [5.41, 5.74) is 6.05. The number of rotatable bonds is 9. The molecule has 0 aliphatic carbocycles. The highest BCUT2D eigenvalue weighted by Crippen LogP contribution is 2.21. The first kappa shape index (κ1) is 21.5. The van der Waals surface area contributed by atoms with Crippen LogP contribution in [-0.4, -0.2) is 47.1 Å². The summed E-state index contributed by atoms with van der Waals surface area (Å²) in [6.07, 6.45) is 4.02. The molecule has 5 nitrogen and oxygen atoms in total. The Morgan fingerprint density at radius 1 is 1.10 bits per heavy atom. The highest BCUT2D eigenvalue weighted by Gasteiger charge is 2.21. The highest BCUT2D eigenvalue weighted by molar-refractivity contribution is 5.61. The van der Waals surface area contributed by atoms with Gasteiger partial charge in [-0.15, -0.1) is 0 Å². The Bertz CT molecular complexity index is 981. The number of nitrogens with zero attached hydrogens (tertiary/aromatic N) is 3. The molecular formula is C26H33N5. The van der Waals surface area contributed by atoms with E-state index in [1.54, 1.807) is 0 Å². The molecule has 31 heavy (non-hydrogen) atoms. The third-order valence-electron chi connectivity index (χ3n) is 6.00. The molecule has 0 radical (unpaired) electrons. The predicted octanol–water partition coefficient (Wildman–Crippen LogP) is 4.29. The van der Waals surface area contributed by atoms with Gasteiger partial charge in [0, 0.05) is 37.4 Å². The molecule has 0 amide bonds. The number of likely N-dealkylation sites (N-methyl/N-ethyl adjacent to an activating group) is 1. The number of aromatic nitrogens is 2. The van der Waals surface area contributed by atoms with Crippen LogP contribution in [0.3, 0.4) is 0 Å². The number of hydrogen-bond acceptors (Lipinski definition) is 5. The minimum atomic E-state index is 0.636. The van der Waals surface area contributed by atoms with E-state index < -0.39 is 0 Å². The van der Waals surface area contributed by atoms with Crippen LogP contribution in [0.1, 0.15) is 30.0 Å². The van der Waals surface area contributed by atoms with Gasteiger partial charge in [-0.05, 0) is 56.1 Å². The molecule has 1 atom stereocenters. The minimum Gasteiger partial charge on any atom is -0.354 e. The minimum absolute atomic E-state index is 0.636. The van der Waals surface area contributed by atoms with E-state index in [-0.39, 0.29) is 0 Å². The average Bonchev–Trinajstić information content (AvgIpc) is 3.33. The normalized spacial score (nSPS) is 16.0. The fourth-order valence-electron chi connectivity index (χ4n) is 4.30. The summed E-state index contributed by atoms with van der Waals surface area (Å²) in [6, 6.07) is 20.0. The van der Waals surface area contributed by atoms with Crippen molar-refractivity contribution >= 4 is 5.95 Å². The maximum atomic E-state index is 4.76. The summed E-state index contributed by atoms with van der Waals surface area (Å²) in [5, 5.41) is 6.86. The molecule has 1 aliphatic rings. The molecule has 2 N–H and O–H groups in total. The fraction of sp³-hybridized carbons (Fsp3) is 0.385. The zero-order valence-electron chi connectivity index (χ0n) is 18.6. The molecule has 162 valence electrons. The average molecular weight is 416 g/mol. The van der Waals surface area contributed by atoms with Crippen LogP contribution >= 0.6 is 0 Å². The molecule has 0 bridgehead atoms. The first-order valence-corrected chi connectivity index (χ1v) is 11.4. The van der Waals surface area contributed by atoms with E-state index >= 15 is 0 Å². The van der Waals surface area contributed by atoms with Gasteiger partial charge in [-0.25, -0.2) is 9.97 Å². The lowest BCUT2D eigenvalue weighted by Crippen LogP contribution is -2.36. The van der Waals surface area contributed by atoms with Crippen LogP contribution < -0.4 is 10.6 Å². The smallest absolute Gasteiger partial charge is 0.223 e. The lowest BCUT2D eigenvalue weighted by atomic mass is 10.1. The van der Waals surface area contributed by atoms with E-state index in [0.29, 0.717) is 12.0 Å². The van der Waals surface area contributed by atoms with E-state index in [0.717, 1.165) is 50.4 Å². The Kier molecular flexibility index (Phi) is 7.28. The van der Waals surface area contributed by atoms with Crippen molar-refractivity contribution < 1.29 is 0 Å². The molecule has 1 saturated heterocycles. The summed E-state index contributed by atoms with van der Waals surface area (Å²) in [4.78, 5) is 11.7.